The zero-order chi connectivity index (χ0) is 19.3. The van der Waals surface area contributed by atoms with Crippen LogP contribution in [0.25, 0.3) is 11.4 Å². The van der Waals surface area contributed by atoms with Gasteiger partial charge in [-0.3, -0.25) is 0 Å². The van der Waals surface area contributed by atoms with Gasteiger partial charge in [-0.05, 0) is 53.6 Å². The first kappa shape index (κ1) is 18.6. The predicted molar refractivity (Wildman–Crippen MR) is 108 cm³/mol. The Morgan fingerprint density at radius 2 is 2.07 bits per heavy atom. The fraction of sp³-hybridized carbons (Fsp3) is 0.381. The van der Waals surface area contributed by atoms with Crippen LogP contribution in [0.15, 0.2) is 48.5 Å². The number of hydrogen-bond acceptors (Lipinski definition) is 6. The molecule has 2 N–H and O–H groups in total. The highest BCUT2D eigenvalue weighted by atomic mass is 16.5. The fourth-order valence-corrected chi connectivity index (χ4v) is 3.89. The molecule has 2 heterocycles. The summed E-state index contributed by atoms with van der Waals surface area (Å²) in [7, 11) is 3.55. The molecule has 3 aromatic rings. The van der Waals surface area contributed by atoms with Crippen molar-refractivity contribution in [3.05, 3.63) is 59.7 Å². The number of methoxy groups -OCH3 is 1. The summed E-state index contributed by atoms with van der Waals surface area (Å²) in [6, 6.07) is 17.4. The molecule has 0 spiro atoms. The first-order valence-electron chi connectivity index (χ1n) is 9.67. The third kappa shape index (κ3) is 3.90. The Bertz CT molecular complexity index is 910. The molecule has 2 aromatic carbocycles. The van der Waals surface area contributed by atoms with Gasteiger partial charge in [-0.2, -0.15) is 0 Å². The molecule has 1 aliphatic heterocycles. The van der Waals surface area contributed by atoms with Crippen molar-refractivity contribution in [2.45, 2.75) is 31.5 Å². The number of nitrogens with zero attached hydrogens (tertiary/aromatic N) is 4. The number of rotatable bonds is 6. The minimum Gasteiger partial charge on any atom is -0.496 e. The molecule has 0 radical (unpaired) electrons. The van der Waals surface area contributed by atoms with Crippen LogP contribution >= 0.6 is 0 Å². The number of hydrogen-bond donors (Lipinski definition) is 2. The summed E-state index contributed by atoms with van der Waals surface area (Å²) in [4.78, 5) is 0. The monoisotopic (exact) mass is 378 g/mol. The second kappa shape index (κ2) is 8.50. The van der Waals surface area contributed by atoms with E-state index in [1.807, 2.05) is 19.2 Å². The standard InChI is InChI=1S/C21H26N6O/c1-27-21(24-25-26-27)16-10-11-19(28-2)17(13-16)14-23-18-9-6-12-22-20(18)15-7-4-3-5-8-15/h3-5,7-8,10-11,13,18,20,22-23H,6,9,12,14H2,1-2H3. The maximum absolute atomic E-state index is 5.59. The molecule has 1 saturated heterocycles. The zero-order valence-corrected chi connectivity index (χ0v) is 16.3. The summed E-state index contributed by atoms with van der Waals surface area (Å²) < 4.78 is 7.26. The van der Waals surface area contributed by atoms with Gasteiger partial charge in [0.2, 0.25) is 0 Å². The molecule has 146 valence electrons. The highest BCUT2D eigenvalue weighted by Crippen LogP contribution is 2.27. The summed E-state index contributed by atoms with van der Waals surface area (Å²) >= 11 is 0. The predicted octanol–water partition coefficient (Wildman–Crippen LogP) is 2.47. The van der Waals surface area contributed by atoms with Crippen LogP contribution in [0, 0.1) is 0 Å². The van der Waals surface area contributed by atoms with Gasteiger partial charge in [-0.15, -0.1) is 5.10 Å². The Hall–Kier alpha value is -2.77. The van der Waals surface area contributed by atoms with Crippen molar-refractivity contribution in [2.75, 3.05) is 13.7 Å². The summed E-state index contributed by atoms with van der Waals surface area (Å²) in [5.74, 6) is 1.61. The number of piperidine rings is 1. The Morgan fingerprint density at radius 1 is 1.21 bits per heavy atom. The second-order valence-corrected chi connectivity index (χ2v) is 7.12. The highest BCUT2D eigenvalue weighted by molar-refractivity contribution is 5.58. The van der Waals surface area contributed by atoms with Crippen molar-refractivity contribution in [3.8, 4) is 17.1 Å². The smallest absolute Gasteiger partial charge is 0.181 e. The molecule has 1 aliphatic rings. The lowest BCUT2D eigenvalue weighted by molar-refractivity contribution is 0.303. The lowest BCUT2D eigenvalue weighted by atomic mass is 9.92. The summed E-state index contributed by atoms with van der Waals surface area (Å²) in [6.07, 6.45) is 2.31. The normalized spacial score (nSPS) is 19.5. The van der Waals surface area contributed by atoms with Crippen molar-refractivity contribution in [3.63, 3.8) is 0 Å². The van der Waals surface area contributed by atoms with Gasteiger partial charge < -0.3 is 15.4 Å². The molecule has 0 aliphatic carbocycles. The van der Waals surface area contributed by atoms with E-state index in [2.05, 4.69) is 62.6 Å². The number of tetrazole rings is 1. The number of aromatic nitrogens is 4. The van der Waals surface area contributed by atoms with Crippen LogP contribution in [0.3, 0.4) is 0 Å². The summed E-state index contributed by atoms with van der Waals surface area (Å²) in [6.45, 7) is 1.77. The lowest BCUT2D eigenvalue weighted by Gasteiger charge is -2.34. The third-order valence-corrected chi connectivity index (χ3v) is 5.33. The van der Waals surface area contributed by atoms with Crippen LogP contribution in [-0.4, -0.2) is 39.9 Å². The van der Waals surface area contributed by atoms with E-state index < -0.39 is 0 Å². The quantitative estimate of drug-likeness (QED) is 0.686. The number of aryl methyl sites for hydroxylation is 1. The minimum absolute atomic E-state index is 0.312. The van der Waals surface area contributed by atoms with E-state index in [1.165, 1.54) is 12.0 Å². The van der Waals surface area contributed by atoms with Crippen LogP contribution in [0.4, 0.5) is 0 Å². The molecule has 4 rings (SSSR count). The van der Waals surface area contributed by atoms with Gasteiger partial charge in [-0.1, -0.05) is 30.3 Å². The lowest BCUT2D eigenvalue weighted by Crippen LogP contribution is -2.45. The molecule has 7 nitrogen and oxygen atoms in total. The molecular weight excluding hydrogens is 352 g/mol. The van der Waals surface area contributed by atoms with Gasteiger partial charge in [-0.25, -0.2) is 4.68 Å². The Balaban J connectivity index is 1.54. The maximum Gasteiger partial charge on any atom is 0.181 e. The number of benzene rings is 2. The average molecular weight is 378 g/mol. The van der Waals surface area contributed by atoms with Crippen molar-refractivity contribution in [1.82, 2.24) is 30.8 Å². The zero-order valence-electron chi connectivity index (χ0n) is 16.3. The number of ether oxygens (including phenoxy) is 1. The topological polar surface area (TPSA) is 76.9 Å². The van der Waals surface area contributed by atoms with Crippen LogP contribution in [-0.2, 0) is 13.6 Å². The van der Waals surface area contributed by atoms with Crippen molar-refractivity contribution < 1.29 is 4.74 Å². The van der Waals surface area contributed by atoms with E-state index in [0.29, 0.717) is 12.1 Å². The molecule has 2 atom stereocenters. The van der Waals surface area contributed by atoms with Crippen LogP contribution in [0.1, 0.15) is 30.0 Å². The fourth-order valence-electron chi connectivity index (χ4n) is 3.89. The van der Waals surface area contributed by atoms with Crippen LogP contribution < -0.4 is 15.4 Å². The van der Waals surface area contributed by atoms with Crippen molar-refractivity contribution in [2.24, 2.45) is 7.05 Å². The van der Waals surface area contributed by atoms with Gasteiger partial charge >= 0.3 is 0 Å². The third-order valence-electron chi connectivity index (χ3n) is 5.33. The van der Waals surface area contributed by atoms with Crippen LogP contribution in [0.5, 0.6) is 5.75 Å². The highest BCUT2D eigenvalue weighted by Gasteiger charge is 2.25. The van der Waals surface area contributed by atoms with Gasteiger partial charge in [0.05, 0.1) is 7.11 Å². The SMILES string of the molecule is COc1ccc(-c2nnnn2C)cc1CNC1CCCNC1c1ccccc1. The van der Waals surface area contributed by atoms with E-state index in [1.54, 1.807) is 11.8 Å². The summed E-state index contributed by atoms with van der Waals surface area (Å²) in [5, 5.41) is 19.2. The second-order valence-electron chi connectivity index (χ2n) is 7.12. The van der Waals surface area contributed by atoms with Crippen molar-refractivity contribution >= 4 is 0 Å². The Labute approximate surface area is 165 Å². The van der Waals surface area contributed by atoms with Gasteiger partial charge in [0.25, 0.3) is 0 Å². The van der Waals surface area contributed by atoms with Crippen molar-refractivity contribution in [1.29, 1.82) is 0 Å². The molecule has 2 unspecified atom stereocenters. The van der Waals surface area contributed by atoms with Crippen LogP contribution in [0.2, 0.25) is 0 Å². The molecular formula is C21H26N6O. The Kier molecular flexibility index (Phi) is 5.64. The first-order valence-corrected chi connectivity index (χ1v) is 9.67. The van der Waals surface area contributed by atoms with Gasteiger partial charge in [0.1, 0.15) is 5.75 Å². The van der Waals surface area contributed by atoms with E-state index in [4.69, 9.17) is 4.74 Å². The molecule has 1 fully saturated rings. The molecule has 0 amide bonds. The van der Waals surface area contributed by atoms with E-state index >= 15 is 0 Å². The number of nitrogens with one attached hydrogen (secondary N) is 2. The molecule has 0 bridgehead atoms. The molecule has 1 aromatic heterocycles. The van der Waals surface area contributed by atoms with E-state index in [0.717, 1.165) is 42.2 Å². The van der Waals surface area contributed by atoms with E-state index in [9.17, 15) is 0 Å². The van der Waals surface area contributed by atoms with E-state index in [-0.39, 0.29) is 0 Å². The molecule has 7 heteroatoms. The maximum atomic E-state index is 5.59. The van der Waals surface area contributed by atoms with Gasteiger partial charge in [0, 0.05) is 36.8 Å². The molecule has 28 heavy (non-hydrogen) atoms. The minimum atomic E-state index is 0.312. The average Bonchev–Trinajstić information content (AvgIpc) is 3.18. The van der Waals surface area contributed by atoms with Gasteiger partial charge in [0.15, 0.2) is 5.82 Å². The Morgan fingerprint density at radius 3 is 2.82 bits per heavy atom. The first-order chi connectivity index (χ1) is 13.8. The molecule has 0 saturated carbocycles. The largest absolute Gasteiger partial charge is 0.496 e. The summed E-state index contributed by atoms with van der Waals surface area (Å²) in [5.41, 5.74) is 3.40.